The normalized spacial score (nSPS) is 13.1. The molecule has 0 aliphatic rings. The van der Waals surface area contributed by atoms with Gasteiger partial charge in [-0.15, -0.1) is 0 Å². The fourth-order valence-electron chi connectivity index (χ4n) is 2.43. The van der Waals surface area contributed by atoms with Crippen LogP contribution in [0, 0.1) is 6.92 Å². The van der Waals surface area contributed by atoms with Gasteiger partial charge in [0.25, 0.3) is 0 Å². The van der Waals surface area contributed by atoms with Gasteiger partial charge in [-0.05, 0) is 50.6 Å². The lowest BCUT2D eigenvalue weighted by atomic mass is 10.1. The largest absolute Gasteiger partial charge is 0.383 e. The molecule has 2 N–H and O–H groups in total. The van der Waals surface area contributed by atoms with E-state index >= 15 is 0 Å². The standard InChI is InChI=1S/C15H21ClN2O/c1-10(9-19-3)17-7-6-13-11(2)18-15-5-4-12(16)8-14(13)15/h4-5,8,10,17-18H,6-7,9H2,1-3H3. The molecule has 2 rings (SSSR count). The molecular formula is C15H21ClN2O. The van der Waals surface area contributed by atoms with E-state index in [0.717, 1.165) is 30.1 Å². The molecule has 1 unspecified atom stereocenters. The zero-order valence-electron chi connectivity index (χ0n) is 11.7. The van der Waals surface area contributed by atoms with E-state index in [2.05, 4.69) is 24.1 Å². The molecule has 1 aromatic heterocycles. The highest BCUT2D eigenvalue weighted by Gasteiger charge is 2.09. The van der Waals surface area contributed by atoms with Crippen molar-refractivity contribution in [2.24, 2.45) is 0 Å². The lowest BCUT2D eigenvalue weighted by Gasteiger charge is -2.12. The third-order valence-electron chi connectivity index (χ3n) is 3.37. The molecule has 4 heteroatoms. The molecule has 0 saturated heterocycles. The lowest BCUT2D eigenvalue weighted by molar-refractivity contribution is 0.172. The Morgan fingerprint density at radius 1 is 1.42 bits per heavy atom. The highest BCUT2D eigenvalue weighted by Crippen LogP contribution is 2.25. The Morgan fingerprint density at radius 2 is 2.21 bits per heavy atom. The Kier molecular flexibility index (Phi) is 4.86. The molecule has 3 nitrogen and oxygen atoms in total. The maximum atomic E-state index is 6.08. The predicted molar refractivity (Wildman–Crippen MR) is 81.1 cm³/mol. The number of benzene rings is 1. The van der Waals surface area contributed by atoms with Gasteiger partial charge in [-0.2, -0.15) is 0 Å². The van der Waals surface area contributed by atoms with Crippen molar-refractivity contribution in [3.05, 3.63) is 34.5 Å². The second-order valence-electron chi connectivity index (χ2n) is 4.98. The number of rotatable bonds is 6. The summed E-state index contributed by atoms with van der Waals surface area (Å²) in [7, 11) is 1.73. The molecular weight excluding hydrogens is 260 g/mol. The summed E-state index contributed by atoms with van der Waals surface area (Å²) in [6, 6.07) is 6.37. The van der Waals surface area contributed by atoms with E-state index < -0.39 is 0 Å². The Bertz CT molecular complexity index is 550. The van der Waals surface area contributed by atoms with Gasteiger partial charge in [0.2, 0.25) is 0 Å². The van der Waals surface area contributed by atoms with Crippen LogP contribution in [-0.2, 0) is 11.2 Å². The second-order valence-corrected chi connectivity index (χ2v) is 5.42. The number of nitrogens with one attached hydrogen (secondary N) is 2. The molecule has 0 saturated carbocycles. The minimum Gasteiger partial charge on any atom is -0.383 e. The first kappa shape index (κ1) is 14.4. The van der Waals surface area contributed by atoms with Crippen molar-refractivity contribution in [2.75, 3.05) is 20.3 Å². The van der Waals surface area contributed by atoms with Crippen molar-refractivity contribution in [3.8, 4) is 0 Å². The Hall–Kier alpha value is -1.03. The molecule has 0 fully saturated rings. The number of methoxy groups -OCH3 is 1. The van der Waals surface area contributed by atoms with Gasteiger partial charge in [-0.1, -0.05) is 11.6 Å². The van der Waals surface area contributed by atoms with Crippen LogP contribution >= 0.6 is 11.6 Å². The highest BCUT2D eigenvalue weighted by atomic mass is 35.5. The second kappa shape index (κ2) is 6.42. The van der Waals surface area contributed by atoms with Crippen LogP contribution in [0.3, 0.4) is 0 Å². The van der Waals surface area contributed by atoms with Crippen LogP contribution in [0.25, 0.3) is 10.9 Å². The maximum Gasteiger partial charge on any atom is 0.0613 e. The number of halogens is 1. The predicted octanol–water partition coefficient (Wildman–Crippen LogP) is 3.30. The molecule has 1 aromatic carbocycles. The first-order valence-corrected chi connectivity index (χ1v) is 6.98. The van der Waals surface area contributed by atoms with Gasteiger partial charge in [-0.3, -0.25) is 0 Å². The van der Waals surface area contributed by atoms with E-state index in [0.29, 0.717) is 6.04 Å². The van der Waals surface area contributed by atoms with E-state index in [-0.39, 0.29) is 0 Å². The third-order valence-corrected chi connectivity index (χ3v) is 3.60. The molecule has 2 aromatic rings. The number of aryl methyl sites for hydroxylation is 1. The minimum absolute atomic E-state index is 0.374. The van der Waals surface area contributed by atoms with Crippen molar-refractivity contribution in [1.82, 2.24) is 10.3 Å². The van der Waals surface area contributed by atoms with Crippen LogP contribution in [0.15, 0.2) is 18.2 Å². The van der Waals surface area contributed by atoms with Crippen LogP contribution in [0.4, 0.5) is 0 Å². The molecule has 0 radical (unpaired) electrons. The smallest absolute Gasteiger partial charge is 0.0613 e. The number of hydrogen-bond acceptors (Lipinski definition) is 2. The summed E-state index contributed by atoms with van der Waals surface area (Å²) < 4.78 is 5.11. The number of hydrogen-bond donors (Lipinski definition) is 2. The van der Waals surface area contributed by atoms with Crippen LogP contribution in [0.1, 0.15) is 18.2 Å². The average Bonchev–Trinajstić information content (AvgIpc) is 2.66. The van der Waals surface area contributed by atoms with Crippen molar-refractivity contribution >= 4 is 22.5 Å². The zero-order valence-corrected chi connectivity index (χ0v) is 12.5. The topological polar surface area (TPSA) is 37.0 Å². The van der Waals surface area contributed by atoms with Crippen molar-refractivity contribution in [3.63, 3.8) is 0 Å². The van der Waals surface area contributed by atoms with Crippen LogP contribution in [0.5, 0.6) is 0 Å². The molecule has 0 spiro atoms. The summed E-state index contributed by atoms with van der Waals surface area (Å²) in [5.74, 6) is 0. The van der Waals surface area contributed by atoms with Gasteiger partial charge >= 0.3 is 0 Å². The van der Waals surface area contributed by atoms with Crippen LogP contribution in [-0.4, -0.2) is 31.3 Å². The molecule has 0 amide bonds. The van der Waals surface area contributed by atoms with Crippen molar-refractivity contribution < 1.29 is 4.74 Å². The molecule has 0 aliphatic carbocycles. The van der Waals surface area contributed by atoms with Gasteiger partial charge in [0, 0.05) is 34.8 Å². The highest BCUT2D eigenvalue weighted by molar-refractivity contribution is 6.31. The fourth-order valence-corrected chi connectivity index (χ4v) is 2.60. The number of ether oxygens (including phenoxy) is 1. The Balaban J connectivity index is 2.07. The zero-order chi connectivity index (χ0) is 13.8. The lowest BCUT2D eigenvalue weighted by Crippen LogP contribution is -2.31. The maximum absolute atomic E-state index is 6.08. The molecule has 1 atom stereocenters. The molecule has 1 heterocycles. The Morgan fingerprint density at radius 3 is 2.95 bits per heavy atom. The van der Waals surface area contributed by atoms with E-state index in [9.17, 15) is 0 Å². The number of fused-ring (bicyclic) bond motifs is 1. The minimum atomic E-state index is 0.374. The van der Waals surface area contributed by atoms with E-state index in [1.807, 2.05) is 18.2 Å². The summed E-state index contributed by atoms with van der Waals surface area (Å²) in [6.45, 7) is 5.91. The van der Waals surface area contributed by atoms with Crippen LogP contribution in [0.2, 0.25) is 5.02 Å². The van der Waals surface area contributed by atoms with Crippen molar-refractivity contribution in [2.45, 2.75) is 26.3 Å². The van der Waals surface area contributed by atoms with Crippen molar-refractivity contribution in [1.29, 1.82) is 0 Å². The summed E-state index contributed by atoms with van der Waals surface area (Å²) in [4.78, 5) is 3.41. The fraction of sp³-hybridized carbons (Fsp3) is 0.467. The third kappa shape index (κ3) is 3.50. The molecule has 19 heavy (non-hydrogen) atoms. The van der Waals surface area contributed by atoms with E-state index in [1.165, 1.54) is 16.6 Å². The SMILES string of the molecule is COCC(C)NCCc1c(C)[nH]c2ccc(Cl)cc12. The Labute approximate surface area is 119 Å². The van der Waals surface area contributed by atoms with Gasteiger partial charge in [0.05, 0.1) is 6.61 Å². The number of H-pyrrole nitrogens is 1. The van der Waals surface area contributed by atoms with Gasteiger partial charge in [0.15, 0.2) is 0 Å². The van der Waals surface area contributed by atoms with Gasteiger partial charge < -0.3 is 15.0 Å². The summed E-state index contributed by atoms with van der Waals surface area (Å²) >= 11 is 6.08. The number of aromatic amines is 1. The molecule has 0 bridgehead atoms. The van der Waals surface area contributed by atoms with Crippen LogP contribution < -0.4 is 5.32 Å². The van der Waals surface area contributed by atoms with Gasteiger partial charge in [-0.25, -0.2) is 0 Å². The summed E-state index contributed by atoms with van der Waals surface area (Å²) in [6.07, 6.45) is 0.986. The number of aromatic nitrogens is 1. The average molecular weight is 281 g/mol. The molecule has 0 aliphatic heterocycles. The van der Waals surface area contributed by atoms with Gasteiger partial charge in [0.1, 0.15) is 0 Å². The first-order chi connectivity index (χ1) is 9.11. The summed E-state index contributed by atoms with van der Waals surface area (Å²) in [5.41, 5.74) is 3.72. The first-order valence-electron chi connectivity index (χ1n) is 6.61. The monoisotopic (exact) mass is 280 g/mol. The van der Waals surface area contributed by atoms with E-state index in [4.69, 9.17) is 16.3 Å². The van der Waals surface area contributed by atoms with E-state index in [1.54, 1.807) is 7.11 Å². The summed E-state index contributed by atoms with van der Waals surface area (Å²) in [5, 5.41) is 5.47. The molecule has 104 valence electrons. The quantitative estimate of drug-likeness (QED) is 0.852.